The van der Waals surface area contributed by atoms with Crippen LogP contribution >= 0.6 is 0 Å². The normalized spacial score (nSPS) is 13.0. The van der Waals surface area contributed by atoms with Crippen LogP contribution in [0, 0.1) is 5.92 Å². The van der Waals surface area contributed by atoms with E-state index in [1.54, 1.807) is 12.1 Å². The molecule has 0 aliphatic rings. The Morgan fingerprint density at radius 1 is 1.17 bits per heavy atom. The van der Waals surface area contributed by atoms with E-state index in [1.165, 1.54) is 0 Å². The van der Waals surface area contributed by atoms with E-state index in [1.807, 2.05) is 32.9 Å². The van der Waals surface area contributed by atoms with Gasteiger partial charge in [-0.15, -0.1) is 0 Å². The Labute approximate surface area is 111 Å². The second-order valence-corrected chi connectivity index (χ2v) is 7.71. The van der Waals surface area contributed by atoms with E-state index in [4.69, 9.17) is 0 Å². The molecular formula is C14H23NO2S. The second-order valence-electron chi connectivity index (χ2n) is 6.06. The molecule has 0 saturated carbocycles. The predicted octanol–water partition coefficient (Wildman–Crippen LogP) is 2.96. The summed E-state index contributed by atoms with van der Waals surface area (Å²) >= 11 is 0. The molecule has 0 unspecified atom stereocenters. The maximum atomic E-state index is 12.3. The Kier molecular flexibility index (Phi) is 4.56. The number of sulfonamides is 1. The van der Waals surface area contributed by atoms with Crippen LogP contribution in [0.3, 0.4) is 0 Å². The van der Waals surface area contributed by atoms with Crippen LogP contribution in [0.25, 0.3) is 0 Å². The van der Waals surface area contributed by atoms with Gasteiger partial charge in [-0.1, -0.05) is 32.0 Å². The highest BCUT2D eigenvalue weighted by atomic mass is 32.2. The SMILES string of the molecule is CC(C)Cc1ccccc1S(=O)(=O)NC(C)(C)C. The fraction of sp³-hybridized carbons (Fsp3) is 0.571. The van der Waals surface area contributed by atoms with Crippen LogP contribution in [0.1, 0.15) is 40.2 Å². The first-order chi connectivity index (χ1) is 8.12. The summed E-state index contributed by atoms with van der Waals surface area (Å²) in [6.07, 6.45) is 0.765. The lowest BCUT2D eigenvalue weighted by molar-refractivity contribution is 0.490. The van der Waals surface area contributed by atoms with Crippen molar-refractivity contribution in [2.75, 3.05) is 0 Å². The largest absolute Gasteiger partial charge is 0.241 e. The summed E-state index contributed by atoms with van der Waals surface area (Å²) in [5, 5.41) is 0. The van der Waals surface area contributed by atoms with Crippen molar-refractivity contribution < 1.29 is 8.42 Å². The highest BCUT2D eigenvalue weighted by Crippen LogP contribution is 2.20. The first kappa shape index (κ1) is 15.2. The molecule has 102 valence electrons. The highest BCUT2D eigenvalue weighted by molar-refractivity contribution is 7.89. The lowest BCUT2D eigenvalue weighted by atomic mass is 10.0. The van der Waals surface area contributed by atoms with E-state index >= 15 is 0 Å². The van der Waals surface area contributed by atoms with Crippen LogP contribution in [-0.4, -0.2) is 14.0 Å². The van der Waals surface area contributed by atoms with Gasteiger partial charge in [0.2, 0.25) is 10.0 Å². The number of hydrogen-bond donors (Lipinski definition) is 1. The molecule has 0 bridgehead atoms. The molecule has 0 saturated heterocycles. The maximum Gasteiger partial charge on any atom is 0.241 e. The van der Waals surface area contributed by atoms with Crippen LogP contribution in [0.2, 0.25) is 0 Å². The van der Waals surface area contributed by atoms with Crippen LogP contribution in [-0.2, 0) is 16.4 Å². The molecule has 0 aromatic heterocycles. The summed E-state index contributed by atoms with van der Waals surface area (Å²) < 4.78 is 27.4. The molecule has 0 spiro atoms. The predicted molar refractivity (Wildman–Crippen MR) is 75.1 cm³/mol. The summed E-state index contributed by atoms with van der Waals surface area (Å²) in [6.45, 7) is 9.70. The zero-order valence-electron chi connectivity index (χ0n) is 11.8. The van der Waals surface area contributed by atoms with E-state index in [0.29, 0.717) is 10.8 Å². The summed E-state index contributed by atoms with van der Waals surface area (Å²) in [6, 6.07) is 7.21. The maximum absolute atomic E-state index is 12.3. The van der Waals surface area contributed by atoms with Crippen molar-refractivity contribution in [3.63, 3.8) is 0 Å². The van der Waals surface area contributed by atoms with Gasteiger partial charge in [0.1, 0.15) is 0 Å². The topological polar surface area (TPSA) is 46.2 Å². The minimum atomic E-state index is -3.44. The average molecular weight is 269 g/mol. The van der Waals surface area contributed by atoms with E-state index in [2.05, 4.69) is 18.6 Å². The third-order valence-corrected chi connectivity index (χ3v) is 4.19. The molecule has 0 heterocycles. The van der Waals surface area contributed by atoms with Crippen molar-refractivity contribution in [3.8, 4) is 0 Å². The van der Waals surface area contributed by atoms with Gasteiger partial charge >= 0.3 is 0 Å². The molecule has 0 fully saturated rings. The highest BCUT2D eigenvalue weighted by Gasteiger charge is 2.24. The lowest BCUT2D eigenvalue weighted by Crippen LogP contribution is -2.40. The molecule has 1 rings (SSSR count). The van der Waals surface area contributed by atoms with Gasteiger partial charge < -0.3 is 0 Å². The Bertz CT molecular complexity index is 499. The van der Waals surface area contributed by atoms with E-state index in [0.717, 1.165) is 12.0 Å². The van der Waals surface area contributed by atoms with Gasteiger partial charge in [-0.05, 0) is 44.7 Å². The summed E-state index contributed by atoms with van der Waals surface area (Å²) in [5.41, 5.74) is 0.410. The molecule has 1 aromatic rings. The van der Waals surface area contributed by atoms with Crippen molar-refractivity contribution >= 4 is 10.0 Å². The second kappa shape index (κ2) is 5.41. The van der Waals surface area contributed by atoms with Crippen molar-refractivity contribution in [2.45, 2.75) is 51.5 Å². The zero-order chi connectivity index (χ0) is 14.0. The fourth-order valence-corrected chi connectivity index (χ4v) is 3.50. The van der Waals surface area contributed by atoms with Crippen LogP contribution in [0.15, 0.2) is 29.2 Å². The smallest absolute Gasteiger partial charge is 0.207 e. The molecular weight excluding hydrogens is 246 g/mol. The Morgan fingerprint density at radius 2 is 1.72 bits per heavy atom. The summed E-state index contributed by atoms with van der Waals surface area (Å²) in [5.74, 6) is 0.427. The van der Waals surface area contributed by atoms with E-state index in [9.17, 15) is 8.42 Å². The van der Waals surface area contributed by atoms with Crippen LogP contribution in [0.4, 0.5) is 0 Å². The van der Waals surface area contributed by atoms with Crippen molar-refractivity contribution in [1.82, 2.24) is 4.72 Å². The number of hydrogen-bond acceptors (Lipinski definition) is 2. The van der Waals surface area contributed by atoms with Gasteiger partial charge in [-0.2, -0.15) is 0 Å². The van der Waals surface area contributed by atoms with Crippen LogP contribution < -0.4 is 4.72 Å². The Morgan fingerprint density at radius 3 is 2.22 bits per heavy atom. The minimum absolute atomic E-state index is 0.397. The number of benzene rings is 1. The quantitative estimate of drug-likeness (QED) is 0.913. The van der Waals surface area contributed by atoms with Crippen molar-refractivity contribution in [1.29, 1.82) is 0 Å². The summed E-state index contributed by atoms with van der Waals surface area (Å²) in [7, 11) is -3.44. The first-order valence-corrected chi connectivity index (χ1v) is 7.72. The van der Waals surface area contributed by atoms with Gasteiger partial charge in [0.15, 0.2) is 0 Å². The molecule has 0 amide bonds. The van der Waals surface area contributed by atoms with Crippen molar-refractivity contribution in [3.05, 3.63) is 29.8 Å². The molecule has 0 atom stereocenters. The fourth-order valence-electron chi connectivity index (χ4n) is 1.83. The first-order valence-electron chi connectivity index (χ1n) is 6.24. The molecule has 18 heavy (non-hydrogen) atoms. The molecule has 1 aromatic carbocycles. The molecule has 1 N–H and O–H groups in total. The monoisotopic (exact) mass is 269 g/mol. The third kappa shape index (κ3) is 4.42. The lowest BCUT2D eigenvalue weighted by Gasteiger charge is -2.22. The molecule has 3 nitrogen and oxygen atoms in total. The average Bonchev–Trinajstić information content (AvgIpc) is 2.13. The standard InChI is InChI=1S/C14H23NO2S/c1-11(2)10-12-8-6-7-9-13(12)18(16,17)15-14(3,4)5/h6-9,11,15H,10H2,1-5H3. The number of rotatable bonds is 4. The minimum Gasteiger partial charge on any atom is -0.207 e. The molecule has 0 aliphatic heterocycles. The van der Waals surface area contributed by atoms with Gasteiger partial charge in [0, 0.05) is 5.54 Å². The molecule has 0 radical (unpaired) electrons. The van der Waals surface area contributed by atoms with Gasteiger partial charge in [0.05, 0.1) is 4.90 Å². The van der Waals surface area contributed by atoms with E-state index in [-0.39, 0.29) is 0 Å². The van der Waals surface area contributed by atoms with Gasteiger partial charge in [-0.3, -0.25) is 0 Å². The van der Waals surface area contributed by atoms with Crippen LogP contribution in [0.5, 0.6) is 0 Å². The van der Waals surface area contributed by atoms with Gasteiger partial charge in [-0.25, -0.2) is 13.1 Å². The zero-order valence-corrected chi connectivity index (χ0v) is 12.6. The van der Waals surface area contributed by atoms with Crippen molar-refractivity contribution in [2.24, 2.45) is 5.92 Å². The van der Waals surface area contributed by atoms with E-state index < -0.39 is 15.6 Å². The summed E-state index contributed by atoms with van der Waals surface area (Å²) in [4.78, 5) is 0.397. The Hall–Kier alpha value is -0.870. The Balaban J connectivity index is 3.16. The third-order valence-electron chi connectivity index (χ3n) is 2.33. The number of nitrogens with one attached hydrogen (secondary N) is 1. The molecule has 0 aliphatic carbocycles. The molecule has 4 heteroatoms. The van der Waals surface area contributed by atoms with Gasteiger partial charge in [0.25, 0.3) is 0 Å².